The first-order valence-electron chi connectivity index (χ1n) is 11.6. The number of anilines is 1. The Bertz CT molecular complexity index is 1550. The maximum Gasteiger partial charge on any atom is 0.256 e. The Balaban J connectivity index is 1.42. The molecule has 192 valence electrons. The van der Waals surface area contributed by atoms with Crippen LogP contribution >= 0.6 is 22.7 Å². The molecule has 0 radical (unpaired) electrons. The van der Waals surface area contributed by atoms with Gasteiger partial charge in [0.2, 0.25) is 0 Å². The number of thiophene rings is 1. The first-order chi connectivity index (χ1) is 18.6. The Labute approximate surface area is 227 Å². The summed E-state index contributed by atoms with van der Waals surface area (Å²) in [6.45, 7) is 0.0731. The Hall–Kier alpha value is -4.21. The molecule has 0 saturated heterocycles. The number of halogens is 1. The molecular weight excluding hydrogens is 523 g/mol. The lowest BCUT2D eigenvalue weighted by atomic mass is 10.2. The van der Waals surface area contributed by atoms with Gasteiger partial charge in [-0.25, -0.2) is 9.37 Å². The standard InChI is InChI=1S/C29H23FN2O4S2/c1-34-21-12-9-18(10-13-21)27(33)32-29-26(25-8-5-15-37-25)31-28(38-29)19-11-14-23(24(16-19)35-2)36-17-20-6-3-4-7-22(20)30/h3-16H,17H2,1-2H3,(H,32,33). The van der Waals surface area contributed by atoms with Gasteiger partial charge < -0.3 is 19.5 Å². The number of methoxy groups -OCH3 is 2. The molecule has 0 spiro atoms. The third-order valence-corrected chi connectivity index (χ3v) is 7.61. The van der Waals surface area contributed by atoms with E-state index in [2.05, 4.69) is 5.32 Å². The monoisotopic (exact) mass is 546 g/mol. The maximum atomic E-state index is 14.0. The summed E-state index contributed by atoms with van der Waals surface area (Å²) >= 11 is 2.91. The van der Waals surface area contributed by atoms with Crippen LogP contribution in [0.2, 0.25) is 0 Å². The van der Waals surface area contributed by atoms with Crippen molar-refractivity contribution in [2.45, 2.75) is 6.61 Å². The van der Waals surface area contributed by atoms with Crippen molar-refractivity contribution in [3.05, 3.63) is 101 Å². The van der Waals surface area contributed by atoms with Gasteiger partial charge in [0.1, 0.15) is 33.9 Å². The molecule has 3 aromatic carbocycles. The SMILES string of the molecule is COc1ccc(C(=O)Nc2sc(-c3ccc(OCc4ccccc4F)c(OC)c3)nc2-c2cccs2)cc1. The fourth-order valence-corrected chi connectivity index (χ4v) is 5.47. The molecule has 0 atom stereocenters. The number of nitrogens with zero attached hydrogens (tertiary/aromatic N) is 1. The molecule has 0 saturated carbocycles. The Morgan fingerprint density at radius 3 is 2.47 bits per heavy atom. The van der Waals surface area contributed by atoms with Crippen LogP contribution in [0, 0.1) is 5.82 Å². The normalized spacial score (nSPS) is 10.7. The second-order valence-electron chi connectivity index (χ2n) is 8.10. The van der Waals surface area contributed by atoms with Gasteiger partial charge >= 0.3 is 0 Å². The average molecular weight is 547 g/mol. The summed E-state index contributed by atoms with van der Waals surface area (Å²) < 4.78 is 30.6. The molecular formula is C29H23FN2O4S2. The quantitative estimate of drug-likeness (QED) is 0.207. The van der Waals surface area contributed by atoms with Gasteiger partial charge in [-0.1, -0.05) is 35.6 Å². The molecule has 1 amide bonds. The van der Waals surface area contributed by atoms with E-state index in [1.54, 1.807) is 74.1 Å². The van der Waals surface area contributed by atoms with Crippen molar-refractivity contribution in [3.8, 4) is 38.4 Å². The van der Waals surface area contributed by atoms with Crippen molar-refractivity contribution < 1.29 is 23.4 Å². The van der Waals surface area contributed by atoms with E-state index in [0.29, 0.717) is 44.1 Å². The third-order valence-electron chi connectivity index (χ3n) is 5.71. The first kappa shape index (κ1) is 25.4. The van der Waals surface area contributed by atoms with Gasteiger partial charge in [-0.3, -0.25) is 4.79 Å². The second kappa shape index (κ2) is 11.5. The molecule has 0 bridgehead atoms. The minimum Gasteiger partial charge on any atom is -0.497 e. The molecule has 38 heavy (non-hydrogen) atoms. The van der Waals surface area contributed by atoms with Gasteiger partial charge in [-0.2, -0.15) is 0 Å². The van der Waals surface area contributed by atoms with Gasteiger partial charge in [0.25, 0.3) is 5.91 Å². The van der Waals surface area contributed by atoms with Crippen molar-refractivity contribution in [2.24, 2.45) is 0 Å². The second-order valence-corrected chi connectivity index (χ2v) is 10.0. The summed E-state index contributed by atoms with van der Waals surface area (Å²) in [5, 5.41) is 6.33. The van der Waals surface area contributed by atoms with Crippen LogP contribution in [0.5, 0.6) is 17.2 Å². The molecule has 5 rings (SSSR count). The zero-order valence-electron chi connectivity index (χ0n) is 20.6. The van der Waals surface area contributed by atoms with Gasteiger partial charge in [-0.15, -0.1) is 11.3 Å². The van der Waals surface area contributed by atoms with Crippen molar-refractivity contribution >= 4 is 33.6 Å². The number of nitrogens with one attached hydrogen (secondary N) is 1. The number of ether oxygens (including phenoxy) is 3. The van der Waals surface area contributed by atoms with E-state index in [-0.39, 0.29) is 18.3 Å². The van der Waals surface area contributed by atoms with E-state index < -0.39 is 0 Å². The van der Waals surface area contributed by atoms with Crippen LogP contribution in [0.15, 0.2) is 84.2 Å². The number of carbonyl (C=O) groups excluding carboxylic acids is 1. The summed E-state index contributed by atoms with van der Waals surface area (Å²) in [6.07, 6.45) is 0. The highest BCUT2D eigenvalue weighted by molar-refractivity contribution is 7.20. The number of hydrogen-bond acceptors (Lipinski definition) is 7. The maximum absolute atomic E-state index is 14.0. The Kier molecular flexibility index (Phi) is 7.67. The number of rotatable bonds is 9. The van der Waals surface area contributed by atoms with Crippen molar-refractivity contribution in [1.82, 2.24) is 4.98 Å². The van der Waals surface area contributed by atoms with Gasteiger partial charge in [0.05, 0.1) is 19.1 Å². The smallest absolute Gasteiger partial charge is 0.256 e. The van der Waals surface area contributed by atoms with E-state index in [0.717, 1.165) is 10.4 Å². The molecule has 9 heteroatoms. The molecule has 6 nitrogen and oxygen atoms in total. The Morgan fingerprint density at radius 2 is 1.76 bits per heavy atom. The minimum atomic E-state index is -0.323. The highest BCUT2D eigenvalue weighted by Gasteiger charge is 2.19. The topological polar surface area (TPSA) is 69.7 Å². The molecule has 0 unspecified atom stereocenters. The van der Waals surface area contributed by atoms with Gasteiger partial charge in [-0.05, 0) is 60.0 Å². The van der Waals surface area contributed by atoms with Crippen molar-refractivity contribution in [2.75, 3.05) is 19.5 Å². The van der Waals surface area contributed by atoms with Crippen LogP contribution in [0.1, 0.15) is 15.9 Å². The fraction of sp³-hybridized carbons (Fsp3) is 0.103. The first-order valence-corrected chi connectivity index (χ1v) is 13.3. The van der Waals surface area contributed by atoms with E-state index in [1.807, 2.05) is 29.6 Å². The summed E-state index contributed by atoms with van der Waals surface area (Å²) in [5.74, 6) is 1.10. The largest absolute Gasteiger partial charge is 0.497 e. The van der Waals surface area contributed by atoms with Crippen LogP contribution in [0.4, 0.5) is 9.39 Å². The summed E-state index contributed by atoms with van der Waals surface area (Å²) in [5.41, 5.74) is 2.46. The van der Waals surface area contributed by atoms with E-state index in [1.165, 1.54) is 17.4 Å². The van der Waals surface area contributed by atoms with Crippen LogP contribution in [0.3, 0.4) is 0 Å². The van der Waals surface area contributed by atoms with E-state index in [4.69, 9.17) is 19.2 Å². The molecule has 2 aromatic heterocycles. The zero-order valence-corrected chi connectivity index (χ0v) is 22.2. The van der Waals surface area contributed by atoms with E-state index in [9.17, 15) is 9.18 Å². The van der Waals surface area contributed by atoms with Crippen LogP contribution in [0.25, 0.3) is 21.1 Å². The summed E-state index contributed by atoms with van der Waals surface area (Å²) in [7, 11) is 3.13. The fourth-order valence-electron chi connectivity index (χ4n) is 3.72. The molecule has 0 aliphatic heterocycles. The number of thiazole rings is 1. The van der Waals surface area contributed by atoms with Crippen LogP contribution in [-0.4, -0.2) is 25.1 Å². The lowest BCUT2D eigenvalue weighted by Crippen LogP contribution is -2.11. The number of carbonyl (C=O) groups is 1. The van der Waals surface area contributed by atoms with Gasteiger partial charge in [0, 0.05) is 16.7 Å². The van der Waals surface area contributed by atoms with E-state index >= 15 is 0 Å². The zero-order chi connectivity index (χ0) is 26.5. The molecule has 5 aromatic rings. The predicted octanol–water partition coefficient (Wildman–Crippen LogP) is 7.53. The Morgan fingerprint density at radius 1 is 0.947 bits per heavy atom. The van der Waals surface area contributed by atoms with Crippen molar-refractivity contribution in [3.63, 3.8) is 0 Å². The third kappa shape index (κ3) is 5.53. The molecule has 1 N–H and O–H groups in total. The highest BCUT2D eigenvalue weighted by Crippen LogP contribution is 2.42. The van der Waals surface area contributed by atoms with Crippen LogP contribution < -0.4 is 19.5 Å². The average Bonchev–Trinajstić information content (AvgIpc) is 3.63. The lowest BCUT2D eigenvalue weighted by molar-refractivity contribution is 0.102. The number of benzene rings is 3. The summed E-state index contributed by atoms with van der Waals surface area (Å²) in [6, 6.07) is 22.8. The highest BCUT2D eigenvalue weighted by atomic mass is 32.1. The van der Waals surface area contributed by atoms with Gasteiger partial charge in [0.15, 0.2) is 11.5 Å². The number of aromatic nitrogens is 1. The lowest BCUT2D eigenvalue weighted by Gasteiger charge is -2.12. The number of amides is 1. The molecule has 2 heterocycles. The molecule has 0 fully saturated rings. The predicted molar refractivity (Wildman–Crippen MR) is 149 cm³/mol. The summed E-state index contributed by atoms with van der Waals surface area (Å²) in [4.78, 5) is 18.8. The van der Waals surface area contributed by atoms with Crippen LogP contribution in [-0.2, 0) is 6.61 Å². The molecule has 0 aliphatic carbocycles. The van der Waals surface area contributed by atoms with Crippen molar-refractivity contribution in [1.29, 1.82) is 0 Å². The number of hydrogen-bond donors (Lipinski definition) is 1. The minimum absolute atomic E-state index is 0.0731. The molecule has 0 aliphatic rings.